The second-order valence-electron chi connectivity index (χ2n) is 19.0. The zero-order chi connectivity index (χ0) is 40.4. The highest BCUT2D eigenvalue weighted by atomic mass is 32.2. The molecular weight excluding hydrogens is 719 g/mol. The summed E-state index contributed by atoms with van der Waals surface area (Å²) >= 11 is 0. The number of rotatable bonds is 16. The number of nitrogens with one attached hydrogen (secondary N) is 4. The van der Waals surface area contributed by atoms with E-state index in [0.29, 0.717) is 45.1 Å². The number of amides is 5. The second kappa shape index (κ2) is 16.8. The SMILES string of the molecule is C#CCCNC(=O)C(=O)C(CC1CCC1)NC(=O)C1[C@H]2C(CN1C(=O)[C@@H](NC(=O)NC1(CS(=O)(=O)C(C)(C)CC)CCCCC1)C1(C)CCCCC1)C2(C)C. The molecule has 4 aliphatic carbocycles. The average molecular weight is 786 g/mol. The Morgan fingerprint density at radius 1 is 0.909 bits per heavy atom. The molecule has 308 valence electrons. The lowest BCUT2D eigenvalue weighted by Crippen LogP contribution is -2.65. The Balaban J connectivity index is 1.40. The first-order valence-electron chi connectivity index (χ1n) is 21.0. The van der Waals surface area contributed by atoms with E-state index in [-0.39, 0.29) is 47.8 Å². The minimum absolute atomic E-state index is 0.0614. The summed E-state index contributed by atoms with van der Waals surface area (Å²) in [6.07, 6.45) is 17.1. The highest BCUT2D eigenvalue weighted by Gasteiger charge is 2.70. The van der Waals surface area contributed by atoms with Crippen LogP contribution in [0.3, 0.4) is 0 Å². The number of nitrogens with zero attached hydrogens (tertiary/aromatic N) is 1. The highest BCUT2D eigenvalue weighted by molar-refractivity contribution is 7.92. The van der Waals surface area contributed by atoms with E-state index < -0.39 is 67.3 Å². The number of hydrogen-bond donors (Lipinski definition) is 4. The molecule has 4 saturated carbocycles. The predicted octanol–water partition coefficient (Wildman–Crippen LogP) is 4.80. The summed E-state index contributed by atoms with van der Waals surface area (Å²) in [5, 5.41) is 11.7. The van der Waals surface area contributed by atoms with Crippen LogP contribution in [0.4, 0.5) is 4.79 Å². The van der Waals surface area contributed by atoms with Gasteiger partial charge in [-0.05, 0) is 81.0 Å². The Labute approximate surface area is 329 Å². The van der Waals surface area contributed by atoms with E-state index in [4.69, 9.17) is 6.42 Å². The van der Waals surface area contributed by atoms with E-state index in [9.17, 15) is 27.6 Å². The number of terminal acetylenes is 1. The number of sulfone groups is 1. The van der Waals surface area contributed by atoms with E-state index in [1.807, 2.05) is 13.8 Å². The van der Waals surface area contributed by atoms with Crippen LogP contribution in [0.25, 0.3) is 0 Å². The topological polar surface area (TPSA) is 171 Å². The van der Waals surface area contributed by atoms with Crippen molar-refractivity contribution < 1.29 is 32.4 Å². The van der Waals surface area contributed by atoms with Crippen LogP contribution in [0.1, 0.15) is 144 Å². The zero-order valence-corrected chi connectivity index (χ0v) is 35.0. The Morgan fingerprint density at radius 2 is 1.53 bits per heavy atom. The van der Waals surface area contributed by atoms with Gasteiger partial charge in [-0.25, -0.2) is 13.2 Å². The summed E-state index contributed by atoms with van der Waals surface area (Å²) in [6, 6.07) is -3.43. The molecule has 5 atom stereocenters. The van der Waals surface area contributed by atoms with Crippen molar-refractivity contribution in [3.05, 3.63) is 0 Å². The summed E-state index contributed by atoms with van der Waals surface area (Å²) < 4.78 is 26.5. The predicted molar refractivity (Wildman–Crippen MR) is 212 cm³/mol. The van der Waals surface area contributed by atoms with Gasteiger partial charge in [-0.3, -0.25) is 19.2 Å². The third-order valence-electron chi connectivity index (χ3n) is 14.5. The molecule has 0 aromatic carbocycles. The maximum absolute atomic E-state index is 15.0. The van der Waals surface area contributed by atoms with Crippen LogP contribution in [-0.2, 0) is 29.0 Å². The van der Waals surface area contributed by atoms with Gasteiger partial charge in [0.1, 0.15) is 12.1 Å². The molecule has 1 heterocycles. The number of carbonyl (C=O) groups excluding carboxylic acids is 5. The molecule has 0 bridgehead atoms. The molecular formula is C42H67N5O7S. The van der Waals surface area contributed by atoms with Crippen LogP contribution in [0.2, 0.25) is 0 Å². The molecule has 0 aromatic rings. The van der Waals surface area contributed by atoms with Gasteiger partial charge in [-0.15, -0.1) is 12.3 Å². The first-order chi connectivity index (χ1) is 25.8. The van der Waals surface area contributed by atoms with Crippen LogP contribution in [-0.4, -0.2) is 90.1 Å². The van der Waals surface area contributed by atoms with Crippen molar-refractivity contribution in [3.8, 4) is 12.3 Å². The van der Waals surface area contributed by atoms with Gasteiger partial charge in [-0.2, -0.15) is 0 Å². The Morgan fingerprint density at radius 3 is 2.09 bits per heavy atom. The van der Waals surface area contributed by atoms with Gasteiger partial charge in [0, 0.05) is 19.5 Å². The molecule has 5 fully saturated rings. The van der Waals surface area contributed by atoms with Gasteiger partial charge < -0.3 is 26.2 Å². The third-order valence-corrected chi connectivity index (χ3v) is 17.4. The molecule has 12 nitrogen and oxygen atoms in total. The van der Waals surface area contributed by atoms with Gasteiger partial charge >= 0.3 is 6.03 Å². The van der Waals surface area contributed by atoms with Gasteiger partial charge in [-0.1, -0.05) is 85.5 Å². The van der Waals surface area contributed by atoms with Crippen molar-refractivity contribution >= 4 is 39.4 Å². The highest BCUT2D eigenvalue weighted by Crippen LogP contribution is 2.65. The smallest absolute Gasteiger partial charge is 0.315 e. The number of urea groups is 1. The van der Waals surface area contributed by atoms with E-state index in [1.54, 1.807) is 18.7 Å². The minimum Gasteiger partial charge on any atom is -0.348 e. The normalized spacial score (nSPS) is 26.6. The number of fused-ring (bicyclic) bond motifs is 1. The maximum Gasteiger partial charge on any atom is 0.315 e. The third kappa shape index (κ3) is 9.20. The van der Waals surface area contributed by atoms with E-state index in [2.05, 4.69) is 41.0 Å². The number of hydrogen-bond acceptors (Lipinski definition) is 7. The van der Waals surface area contributed by atoms with Crippen LogP contribution < -0.4 is 21.3 Å². The summed E-state index contributed by atoms with van der Waals surface area (Å²) in [7, 11) is -3.59. The van der Waals surface area contributed by atoms with E-state index in [0.717, 1.165) is 57.8 Å². The molecule has 1 aliphatic heterocycles. The molecule has 5 amide bonds. The lowest BCUT2D eigenvalue weighted by molar-refractivity contribution is -0.146. The Bertz CT molecular complexity index is 1620. The summed E-state index contributed by atoms with van der Waals surface area (Å²) in [5.74, 6) is 0.108. The van der Waals surface area contributed by atoms with E-state index in [1.165, 1.54) is 0 Å². The van der Waals surface area contributed by atoms with Crippen molar-refractivity contribution in [2.75, 3.05) is 18.8 Å². The standard InChI is InChI=1S/C42H67N5O7S/c1-8-10-24-43-36(50)33(48)30(25-28-18-17-19-28)44-35(49)32-31-29(40(31,5)6)26-47(32)37(51)34(41(7)20-13-11-14-21-41)45-38(52)46-42(22-15-12-16-23-42)27-55(53,54)39(3,4)9-2/h1,28-32,34H,9-27H2,2-7H3,(H,43,50)(H,44,49)(H2,45,46,52)/t29?,30?,31-,32?,34-/m1/s1. The average Bonchev–Trinajstić information content (AvgIpc) is 3.41. The quantitative estimate of drug-likeness (QED) is 0.0990. The number of piperidine rings is 1. The number of ketones is 1. The molecule has 13 heteroatoms. The van der Waals surface area contributed by atoms with Crippen molar-refractivity contribution in [1.82, 2.24) is 26.2 Å². The van der Waals surface area contributed by atoms with Gasteiger partial charge in [0.2, 0.25) is 17.6 Å². The molecule has 0 aromatic heterocycles. The molecule has 1 saturated heterocycles. The Kier molecular flexibility index (Phi) is 13.1. The monoisotopic (exact) mass is 785 g/mol. The van der Waals surface area contributed by atoms with Crippen molar-refractivity contribution in [3.63, 3.8) is 0 Å². The molecule has 0 radical (unpaired) electrons. The van der Waals surface area contributed by atoms with Crippen molar-refractivity contribution in [1.29, 1.82) is 0 Å². The summed E-state index contributed by atoms with van der Waals surface area (Å²) in [5.41, 5.74) is -1.75. The minimum atomic E-state index is -3.59. The fraction of sp³-hybridized carbons (Fsp3) is 0.833. The summed E-state index contributed by atoms with van der Waals surface area (Å²) in [6.45, 7) is 12.0. The Hall–Kier alpha value is -3.14. The van der Waals surface area contributed by atoms with Gasteiger partial charge in [0.25, 0.3) is 5.91 Å². The number of Topliss-reactive ketones (excluding diaryl/α,β-unsaturated/α-hetero) is 1. The molecule has 5 aliphatic rings. The van der Waals surface area contributed by atoms with Crippen LogP contribution in [0.15, 0.2) is 0 Å². The molecule has 3 unspecified atom stereocenters. The van der Waals surface area contributed by atoms with Gasteiger partial charge in [0.15, 0.2) is 9.84 Å². The fourth-order valence-electron chi connectivity index (χ4n) is 9.93. The van der Waals surface area contributed by atoms with Crippen molar-refractivity contribution in [2.24, 2.45) is 28.6 Å². The molecule has 0 spiro atoms. The number of carbonyl (C=O) groups is 5. The first-order valence-corrected chi connectivity index (χ1v) is 22.6. The van der Waals surface area contributed by atoms with Crippen LogP contribution >= 0.6 is 0 Å². The maximum atomic E-state index is 15.0. The zero-order valence-electron chi connectivity index (χ0n) is 34.2. The molecule has 55 heavy (non-hydrogen) atoms. The van der Waals surface area contributed by atoms with Crippen molar-refractivity contribution in [2.45, 2.75) is 173 Å². The largest absolute Gasteiger partial charge is 0.348 e. The molecule has 5 rings (SSSR count). The lowest BCUT2D eigenvalue weighted by atomic mass is 9.70. The van der Waals surface area contributed by atoms with Gasteiger partial charge in [0.05, 0.1) is 22.1 Å². The fourth-order valence-corrected chi connectivity index (χ4v) is 11.8. The first kappa shape index (κ1) is 43.0. The lowest BCUT2D eigenvalue weighted by Gasteiger charge is -2.44. The van der Waals surface area contributed by atoms with Crippen LogP contribution in [0, 0.1) is 40.9 Å². The molecule has 4 N–H and O–H groups in total. The van der Waals surface area contributed by atoms with E-state index >= 15 is 4.79 Å². The number of likely N-dealkylation sites (tertiary alicyclic amines) is 1. The summed E-state index contributed by atoms with van der Waals surface area (Å²) in [4.78, 5) is 71.6. The van der Waals surface area contributed by atoms with Crippen LogP contribution in [0.5, 0.6) is 0 Å². The second-order valence-corrected chi connectivity index (χ2v) is 21.6.